The first kappa shape index (κ1) is 14.2. The zero-order valence-corrected chi connectivity index (χ0v) is 12.9. The lowest BCUT2D eigenvalue weighted by molar-refractivity contribution is 0.181. The molecular weight excluding hydrogens is 330 g/mol. The molecule has 0 aliphatic carbocycles. The Morgan fingerprint density at radius 2 is 2.11 bits per heavy atom. The number of ether oxygens (including phenoxy) is 1. The quantitative estimate of drug-likeness (QED) is 0.926. The van der Waals surface area contributed by atoms with Crippen LogP contribution in [0.3, 0.4) is 0 Å². The number of aromatic nitrogens is 2. The van der Waals surface area contributed by atoms with E-state index in [2.05, 4.69) is 25.9 Å². The molecule has 0 aliphatic heterocycles. The third kappa shape index (κ3) is 3.05. The van der Waals surface area contributed by atoms with Crippen molar-refractivity contribution in [3.63, 3.8) is 0 Å². The highest BCUT2D eigenvalue weighted by Crippen LogP contribution is 2.27. The molecule has 0 spiro atoms. The average molecular weight is 343 g/mol. The van der Waals surface area contributed by atoms with Crippen LogP contribution < -0.4 is 5.73 Å². The minimum atomic E-state index is 0.361. The van der Waals surface area contributed by atoms with Crippen LogP contribution in [0, 0.1) is 6.92 Å². The third-order valence-electron chi connectivity index (χ3n) is 2.66. The minimum absolute atomic E-state index is 0.361. The molecule has 0 fully saturated rings. The van der Waals surface area contributed by atoms with Crippen LogP contribution in [0.15, 0.2) is 22.7 Å². The predicted molar refractivity (Wildman–Crippen MR) is 80.0 cm³/mol. The summed E-state index contributed by atoms with van der Waals surface area (Å²) in [6, 6.07) is 5.67. The fourth-order valence-electron chi connectivity index (χ4n) is 1.61. The number of halogens is 2. The van der Waals surface area contributed by atoms with E-state index in [0.717, 1.165) is 11.1 Å². The molecule has 2 aromatic rings. The van der Waals surface area contributed by atoms with E-state index in [0.29, 0.717) is 33.4 Å². The molecule has 19 heavy (non-hydrogen) atoms. The predicted octanol–water partition coefficient (Wildman–Crippen LogP) is 3.60. The summed E-state index contributed by atoms with van der Waals surface area (Å²) in [5, 5.41) is 0.677. The Morgan fingerprint density at radius 3 is 2.74 bits per heavy atom. The molecule has 6 heteroatoms. The Labute approximate surface area is 125 Å². The fraction of sp³-hybridized carbons (Fsp3) is 0.231. The van der Waals surface area contributed by atoms with Crippen molar-refractivity contribution in [1.82, 2.24) is 9.97 Å². The van der Waals surface area contributed by atoms with Gasteiger partial charge in [0.2, 0.25) is 0 Å². The summed E-state index contributed by atoms with van der Waals surface area (Å²) in [4.78, 5) is 8.70. The first-order valence-corrected chi connectivity index (χ1v) is 6.77. The molecule has 0 bridgehead atoms. The van der Waals surface area contributed by atoms with Gasteiger partial charge in [0.25, 0.3) is 0 Å². The van der Waals surface area contributed by atoms with Gasteiger partial charge >= 0.3 is 0 Å². The summed E-state index contributed by atoms with van der Waals surface area (Å²) < 4.78 is 5.76. The van der Waals surface area contributed by atoms with Crippen molar-refractivity contribution in [2.45, 2.75) is 13.5 Å². The van der Waals surface area contributed by atoms with Gasteiger partial charge in [0, 0.05) is 17.7 Å². The van der Waals surface area contributed by atoms with Gasteiger partial charge in [-0.3, -0.25) is 0 Å². The van der Waals surface area contributed by atoms with Crippen molar-refractivity contribution >= 4 is 33.3 Å². The van der Waals surface area contributed by atoms with E-state index in [1.807, 2.05) is 25.1 Å². The van der Waals surface area contributed by atoms with E-state index in [1.165, 1.54) is 0 Å². The second-order valence-electron chi connectivity index (χ2n) is 4.09. The summed E-state index contributed by atoms with van der Waals surface area (Å²) >= 11 is 9.47. The lowest BCUT2D eigenvalue weighted by atomic mass is 10.1. The molecule has 4 nitrogen and oxygen atoms in total. The minimum Gasteiger partial charge on any atom is -0.383 e. The number of nitrogen functional groups attached to an aromatic ring is 1. The largest absolute Gasteiger partial charge is 0.383 e. The molecule has 1 heterocycles. The maximum Gasteiger partial charge on any atom is 0.161 e. The van der Waals surface area contributed by atoms with E-state index in [-0.39, 0.29) is 0 Å². The number of hydrogen-bond acceptors (Lipinski definition) is 4. The van der Waals surface area contributed by atoms with Crippen molar-refractivity contribution in [3.05, 3.63) is 39.0 Å². The Balaban J connectivity index is 2.52. The molecule has 0 radical (unpaired) electrons. The van der Waals surface area contributed by atoms with Crippen LogP contribution in [0.1, 0.15) is 11.3 Å². The molecule has 2 N–H and O–H groups in total. The highest BCUT2D eigenvalue weighted by Gasteiger charge is 2.12. The standard InChI is InChI=1S/C13H13BrClN3O/c1-7-3-4-8(5-9(7)15)13-17-10(6-19-2)11(14)12(16)18-13/h3-5H,6H2,1-2H3,(H2,16,17,18). The maximum atomic E-state index is 6.11. The van der Waals surface area contributed by atoms with Gasteiger partial charge in [-0.15, -0.1) is 0 Å². The van der Waals surface area contributed by atoms with Crippen LogP contribution in [0.4, 0.5) is 5.82 Å². The molecule has 100 valence electrons. The van der Waals surface area contributed by atoms with Crippen molar-refractivity contribution in [1.29, 1.82) is 0 Å². The van der Waals surface area contributed by atoms with Crippen molar-refractivity contribution < 1.29 is 4.74 Å². The van der Waals surface area contributed by atoms with Gasteiger partial charge in [-0.1, -0.05) is 23.7 Å². The fourth-order valence-corrected chi connectivity index (χ4v) is 2.08. The van der Waals surface area contributed by atoms with Crippen molar-refractivity contribution in [3.8, 4) is 11.4 Å². The van der Waals surface area contributed by atoms with Crippen LogP contribution in [0.2, 0.25) is 5.02 Å². The molecular formula is C13H13BrClN3O. The normalized spacial score (nSPS) is 10.7. The third-order valence-corrected chi connectivity index (χ3v) is 3.93. The van der Waals surface area contributed by atoms with Gasteiger partial charge in [-0.25, -0.2) is 9.97 Å². The van der Waals surface area contributed by atoms with Gasteiger partial charge in [-0.05, 0) is 34.5 Å². The lowest BCUT2D eigenvalue weighted by Crippen LogP contribution is -2.03. The number of aryl methyl sites for hydroxylation is 1. The average Bonchev–Trinajstić information content (AvgIpc) is 2.38. The summed E-state index contributed by atoms with van der Waals surface area (Å²) in [6.07, 6.45) is 0. The first-order valence-electron chi connectivity index (χ1n) is 5.60. The first-order chi connectivity index (χ1) is 9.02. The Bertz CT molecular complexity index is 619. The van der Waals surface area contributed by atoms with Gasteiger partial charge in [0.1, 0.15) is 5.82 Å². The Kier molecular flexibility index (Phi) is 4.39. The summed E-state index contributed by atoms with van der Waals surface area (Å²) in [6.45, 7) is 2.30. The molecule has 0 amide bonds. The summed E-state index contributed by atoms with van der Waals surface area (Å²) in [5.41, 5.74) is 8.41. The molecule has 0 aliphatic rings. The highest BCUT2D eigenvalue weighted by atomic mass is 79.9. The summed E-state index contributed by atoms with van der Waals surface area (Å²) in [5.74, 6) is 0.920. The van der Waals surface area contributed by atoms with Gasteiger partial charge in [0.15, 0.2) is 5.82 Å². The van der Waals surface area contributed by atoms with Crippen LogP contribution in [-0.2, 0) is 11.3 Å². The number of anilines is 1. The number of hydrogen-bond donors (Lipinski definition) is 1. The molecule has 2 rings (SSSR count). The van der Waals surface area contributed by atoms with Gasteiger partial charge in [-0.2, -0.15) is 0 Å². The lowest BCUT2D eigenvalue weighted by Gasteiger charge is -2.09. The molecule has 0 unspecified atom stereocenters. The maximum absolute atomic E-state index is 6.11. The molecule has 1 aromatic carbocycles. The smallest absolute Gasteiger partial charge is 0.161 e. The van der Waals surface area contributed by atoms with Gasteiger partial charge in [0.05, 0.1) is 16.8 Å². The zero-order chi connectivity index (χ0) is 14.0. The number of nitrogens with zero attached hydrogens (tertiary/aromatic N) is 2. The molecule has 0 saturated heterocycles. The van der Waals surface area contributed by atoms with E-state index < -0.39 is 0 Å². The van der Waals surface area contributed by atoms with Crippen molar-refractivity contribution in [2.24, 2.45) is 0 Å². The second-order valence-corrected chi connectivity index (χ2v) is 5.29. The van der Waals surface area contributed by atoms with Crippen LogP contribution in [0.25, 0.3) is 11.4 Å². The number of benzene rings is 1. The van der Waals surface area contributed by atoms with Gasteiger partial charge < -0.3 is 10.5 Å². The SMILES string of the molecule is COCc1nc(-c2ccc(C)c(Cl)c2)nc(N)c1Br. The number of methoxy groups -OCH3 is 1. The number of rotatable bonds is 3. The van der Waals surface area contributed by atoms with Crippen LogP contribution >= 0.6 is 27.5 Å². The Morgan fingerprint density at radius 1 is 1.37 bits per heavy atom. The molecule has 0 atom stereocenters. The monoisotopic (exact) mass is 341 g/mol. The second kappa shape index (κ2) is 5.86. The van der Waals surface area contributed by atoms with E-state index in [1.54, 1.807) is 7.11 Å². The number of nitrogens with two attached hydrogens (primary N) is 1. The Hall–Kier alpha value is -1.17. The molecule has 1 aromatic heterocycles. The summed E-state index contributed by atoms with van der Waals surface area (Å²) in [7, 11) is 1.60. The zero-order valence-electron chi connectivity index (χ0n) is 10.6. The van der Waals surface area contributed by atoms with Crippen molar-refractivity contribution in [2.75, 3.05) is 12.8 Å². The van der Waals surface area contributed by atoms with E-state index in [4.69, 9.17) is 22.1 Å². The van der Waals surface area contributed by atoms with E-state index >= 15 is 0 Å². The van der Waals surface area contributed by atoms with Crippen LogP contribution in [0.5, 0.6) is 0 Å². The molecule has 0 saturated carbocycles. The highest BCUT2D eigenvalue weighted by molar-refractivity contribution is 9.10. The van der Waals surface area contributed by atoms with Crippen LogP contribution in [-0.4, -0.2) is 17.1 Å². The van der Waals surface area contributed by atoms with E-state index in [9.17, 15) is 0 Å². The topological polar surface area (TPSA) is 61.0 Å².